The standard InChI is InChI=1S/C20H18N2O3/c23-19(21-14-18-12-7-13-25-18)20(24)22(17-10-5-2-6-11-17)15-16-8-3-1-4-9-16/h1-13H,14-15H2,(H,21,23). The normalized spacial score (nSPS) is 10.2. The second kappa shape index (κ2) is 7.97. The zero-order valence-corrected chi connectivity index (χ0v) is 13.6. The molecule has 2 amide bonds. The van der Waals surface area contributed by atoms with Crippen molar-refractivity contribution < 1.29 is 14.0 Å². The van der Waals surface area contributed by atoms with E-state index in [2.05, 4.69) is 5.32 Å². The molecule has 0 aliphatic heterocycles. The molecule has 2 aromatic carbocycles. The molecule has 1 aromatic heterocycles. The predicted molar refractivity (Wildman–Crippen MR) is 94.6 cm³/mol. The van der Waals surface area contributed by atoms with Gasteiger partial charge in [-0.05, 0) is 29.8 Å². The van der Waals surface area contributed by atoms with Crippen LogP contribution >= 0.6 is 0 Å². The van der Waals surface area contributed by atoms with Gasteiger partial charge in [0.05, 0.1) is 19.4 Å². The molecular weight excluding hydrogens is 316 g/mol. The van der Waals surface area contributed by atoms with Crippen molar-refractivity contribution >= 4 is 17.5 Å². The fraction of sp³-hybridized carbons (Fsp3) is 0.100. The summed E-state index contributed by atoms with van der Waals surface area (Å²) in [5, 5.41) is 2.60. The van der Waals surface area contributed by atoms with Gasteiger partial charge in [-0.15, -0.1) is 0 Å². The lowest BCUT2D eigenvalue weighted by molar-refractivity contribution is -0.137. The van der Waals surface area contributed by atoms with Crippen molar-refractivity contribution in [3.05, 3.63) is 90.4 Å². The molecule has 0 spiro atoms. The van der Waals surface area contributed by atoms with Crippen LogP contribution in [0.4, 0.5) is 5.69 Å². The van der Waals surface area contributed by atoms with Gasteiger partial charge in [0.15, 0.2) is 0 Å². The van der Waals surface area contributed by atoms with Gasteiger partial charge in [-0.25, -0.2) is 0 Å². The molecule has 3 aromatic rings. The molecular formula is C20H18N2O3. The summed E-state index contributed by atoms with van der Waals surface area (Å²) in [6, 6.07) is 22.2. The molecule has 5 heteroatoms. The van der Waals surface area contributed by atoms with Gasteiger partial charge < -0.3 is 9.73 Å². The predicted octanol–water partition coefficient (Wildman–Crippen LogP) is 3.13. The number of nitrogens with one attached hydrogen (secondary N) is 1. The summed E-state index contributed by atoms with van der Waals surface area (Å²) in [5.41, 5.74) is 1.61. The molecule has 0 saturated carbocycles. The highest BCUT2D eigenvalue weighted by molar-refractivity contribution is 6.40. The van der Waals surface area contributed by atoms with Crippen LogP contribution in [-0.2, 0) is 22.7 Å². The Bertz CT molecular complexity index is 815. The van der Waals surface area contributed by atoms with Crippen LogP contribution in [0.15, 0.2) is 83.5 Å². The Balaban J connectivity index is 1.75. The minimum absolute atomic E-state index is 0.172. The molecule has 0 aliphatic carbocycles. The molecule has 5 nitrogen and oxygen atoms in total. The van der Waals surface area contributed by atoms with Crippen LogP contribution in [0.2, 0.25) is 0 Å². The van der Waals surface area contributed by atoms with Crippen molar-refractivity contribution in [2.24, 2.45) is 0 Å². The van der Waals surface area contributed by atoms with Gasteiger partial charge in [0.2, 0.25) is 0 Å². The van der Waals surface area contributed by atoms with Crippen LogP contribution in [0.5, 0.6) is 0 Å². The first kappa shape index (κ1) is 16.5. The van der Waals surface area contributed by atoms with E-state index in [0.29, 0.717) is 18.0 Å². The van der Waals surface area contributed by atoms with Crippen molar-refractivity contribution in [3.8, 4) is 0 Å². The average Bonchev–Trinajstić information content (AvgIpc) is 3.19. The molecule has 1 N–H and O–H groups in total. The highest BCUT2D eigenvalue weighted by Gasteiger charge is 2.23. The maximum absolute atomic E-state index is 12.7. The third kappa shape index (κ3) is 4.35. The summed E-state index contributed by atoms with van der Waals surface area (Å²) < 4.78 is 5.16. The van der Waals surface area contributed by atoms with E-state index in [-0.39, 0.29) is 6.54 Å². The van der Waals surface area contributed by atoms with Gasteiger partial charge in [-0.3, -0.25) is 14.5 Å². The number of anilines is 1. The van der Waals surface area contributed by atoms with Crippen molar-refractivity contribution in [1.82, 2.24) is 5.32 Å². The van der Waals surface area contributed by atoms with Gasteiger partial charge in [0.25, 0.3) is 0 Å². The Morgan fingerprint density at radius 1 is 0.880 bits per heavy atom. The van der Waals surface area contributed by atoms with E-state index in [9.17, 15) is 9.59 Å². The summed E-state index contributed by atoms with van der Waals surface area (Å²) in [5.74, 6) is -0.687. The fourth-order valence-electron chi connectivity index (χ4n) is 2.43. The van der Waals surface area contributed by atoms with Crippen LogP contribution in [0.1, 0.15) is 11.3 Å². The van der Waals surface area contributed by atoms with Gasteiger partial charge in [-0.1, -0.05) is 48.5 Å². The van der Waals surface area contributed by atoms with Crippen molar-refractivity contribution in [3.63, 3.8) is 0 Å². The SMILES string of the molecule is O=C(NCc1ccco1)C(=O)N(Cc1ccccc1)c1ccccc1. The molecule has 0 unspecified atom stereocenters. The van der Waals surface area contributed by atoms with Gasteiger partial charge in [0, 0.05) is 5.69 Å². The molecule has 126 valence electrons. The molecule has 0 radical (unpaired) electrons. The number of benzene rings is 2. The summed E-state index contributed by atoms with van der Waals surface area (Å²) in [4.78, 5) is 26.5. The third-order valence-electron chi connectivity index (χ3n) is 3.69. The number of rotatable bonds is 5. The second-order valence-corrected chi connectivity index (χ2v) is 5.47. The Morgan fingerprint density at radius 3 is 2.20 bits per heavy atom. The first-order chi connectivity index (χ1) is 12.2. The maximum atomic E-state index is 12.7. The van der Waals surface area contributed by atoms with Crippen LogP contribution in [0, 0.1) is 0 Å². The monoisotopic (exact) mass is 334 g/mol. The largest absolute Gasteiger partial charge is 0.467 e. The maximum Gasteiger partial charge on any atom is 0.316 e. The number of hydrogen-bond donors (Lipinski definition) is 1. The zero-order chi connectivity index (χ0) is 17.5. The van der Waals surface area contributed by atoms with E-state index in [1.165, 1.54) is 11.2 Å². The quantitative estimate of drug-likeness (QED) is 0.729. The summed E-state index contributed by atoms with van der Waals surface area (Å²) in [6.45, 7) is 0.489. The number of nitrogens with zero attached hydrogens (tertiary/aromatic N) is 1. The molecule has 3 rings (SSSR count). The topological polar surface area (TPSA) is 62.6 Å². The molecule has 0 aliphatic rings. The Kier molecular flexibility index (Phi) is 5.26. The van der Waals surface area contributed by atoms with E-state index in [0.717, 1.165) is 5.56 Å². The van der Waals surface area contributed by atoms with Crippen LogP contribution in [0.3, 0.4) is 0 Å². The van der Waals surface area contributed by atoms with Crippen LogP contribution in [0.25, 0.3) is 0 Å². The fourth-order valence-corrected chi connectivity index (χ4v) is 2.43. The second-order valence-electron chi connectivity index (χ2n) is 5.47. The lowest BCUT2D eigenvalue weighted by Crippen LogP contribution is -2.42. The molecule has 0 saturated heterocycles. The smallest absolute Gasteiger partial charge is 0.316 e. The first-order valence-electron chi connectivity index (χ1n) is 7.95. The van der Waals surface area contributed by atoms with E-state index < -0.39 is 11.8 Å². The van der Waals surface area contributed by atoms with E-state index >= 15 is 0 Å². The Labute approximate surface area is 145 Å². The molecule has 0 bridgehead atoms. The lowest BCUT2D eigenvalue weighted by atomic mass is 10.2. The Morgan fingerprint density at radius 2 is 1.56 bits per heavy atom. The van der Waals surface area contributed by atoms with Crippen LogP contribution in [-0.4, -0.2) is 11.8 Å². The van der Waals surface area contributed by atoms with E-state index in [1.54, 1.807) is 24.3 Å². The summed E-state index contributed by atoms with van der Waals surface area (Å²) >= 11 is 0. The minimum Gasteiger partial charge on any atom is -0.467 e. The first-order valence-corrected chi connectivity index (χ1v) is 7.95. The van der Waals surface area contributed by atoms with Gasteiger partial charge >= 0.3 is 11.8 Å². The summed E-state index contributed by atoms with van der Waals surface area (Å²) in [7, 11) is 0. The molecule has 1 heterocycles. The highest BCUT2D eigenvalue weighted by atomic mass is 16.3. The average molecular weight is 334 g/mol. The van der Waals surface area contributed by atoms with Gasteiger partial charge in [-0.2, -0.15) is 0 Å². The van der Waals surface area contributed by atoms with Crippen molar-refractivity contribution in [2.45, 2.75) is 13.1 Å². The number of hydrogen-bond acceptors (Lipinski definition) is 3. The molecule has 0 atom stereocenters. The van der Waals surface area contributed by atoms with Crippen molar-refractivity contribution in [2.75, 3.05) is 4.90 Å². The Hall–Kier alpha value is -3.34. The van der Waals surface area contributed by atoms with Crippen molar-refractivity contribution in [1.29, 1.82) is 0 Å². The number of carbonyl (C=O) groups excluding carboxylic acids is 2. The highest BCUT2D eigenvalue weighted by Crippen LogP contribution is 2.17. The number of para-hydroxylation sites is 1. The van der Waals surface area contributed by atoms with E-state index in [1.807, 2.05) is 48.5 Å². The summed E-state index contributed by atoms with van der Waals surface area (Å²) in [6.07, 6.45) is 1.52. The van der Waals surface area contributed by atoms with Crippen LogP contribution < -0.4 is 10.2 Å². The number of furan rings is 1. The third-order valence-corrected chi connectivity index (χ3v) is 3.69. The number of carbonyl (C=O) groups is 2. The zero-order valence-electron chi connectivity index (χ0n) is 13.6. The molecule has 25 heavy (non-hydrogen) atoms. The minimum atomic E-state index is -0.670. The molecule has 0 fully saturated rings. The van der Waals surface area contributed by atoms with Gasteiger partial charge in [0.1, 0.15) is 5.76 Å². The van der Waals surface area contributed by atoms with E-state index in [4.69, 9.17) is 4.42 Å². The lowest BCUT2D eigenvalue weighted by Gasteiger charge is -2.22. The number of amides is 2.